The number of nitrogens with zero attached hydrogens (tertiary/aromatic N) is 1. The fraction of sp³-hybridized carbons (Fsp3) is 0.167. The Hall–Kier alpha value is -1.61. The van der Waals surface area contributed by atoms with Crippen molar-refractivity contribution in [2.45, 2.75) is 13.3 Å². The molecule has 0 fully saturated rings. The van der Waals surface area contributed by atoms with Crippen molar-refractivity contribution in [1.29, 1.82) is 0 Å². The van der Waals surface area contributed by atoms with Crippen molar-refractivity contribution in [3.8, 4) is 0 Å². The molecule has 1 aromatic rings. The molecule has 1 heterocycles. The van der Waals surface area contributed by atoms with Gasteiger partial charge in [-0.25, -0.2) is 9.79 Å². The maximum Gasteiger partial charge on any atom is 0.363 e. The van der Waals surface area contributed by atoms with Gasteiger partial charge >= 0.3 is 5.97 Å². The van der Waals surface area contributed by atoms with Crippen LogP contribution in [0.4, 0.5) is 0 Å². The topological polar surface area (TPSA) is 38.7 Å². The standard InChI is InChI=1S/C12H10ClNO2/c1-2-11-14-10(12(15)16-11)7-8-3-5-9(13)6-4-8/h3-7H,2H2,1H3. The van der Waals surface area contributed by atoms with Gasteiger partial charge in [0.2, 0.25) is 0 Å². The Kier molecular flexibility index (Phi) is 3.06. The van der Waals surface area contributed by atoms with Crippen molar-refractivity contribution in [3.05, 3.63) is 40.5 Å². The molecule has 0 saturated heterocycles. The van der Waals surface area contributed by atoms with Crippen molar-refractivity contribution < 1.29 is 9.53 Å². The molecule has 0 aromatic heterocycles. The molecule has 82 valence electrons. The van der Waals surface area contributed by atoms with Crippen LogP contribution in [0.2, 0.25) is 5.02 Å². The number of cyclic esters (lactones) is 1. The molecule has 1 aromatic carbocycles. The first-order valence-electron chi connectivity index (χ1n) is 4.96. The molecule has 0 N–H and O–H groups in total. The summed E-state index contributed by atoms with van der Waals surface area (Å²) in [5.74, 6) is 0.0667. The minimum Gasteiger partial charge on any atom is -0.407 e. The second kappa shape index (κ2) is 4.49. The van der Waals surface area contributed by atoms with Crippen LogP contribution in [0.25, 0.3) is 6.08 Å². The van der Waals surface area contributed by atoms with Crippen molar-refractivity contribution in [2.75, 3.05) is 0 Å². The van der Waals surface area contributed by atoms with E-state index >= 15 is 0 Å². The van der Waals surface area contributed by atoms with Gasteiger partial charge in [0.1, 0.15) is 0 Å². The Balaban J connectivity index is 2.28. The Morgan fingerprint density at radius 1 is 1.38 bits per heavy atom. The predicted molar refractivity (Wildman–Crippen MR) is 63.2 cm³/mol. The van der Waals surface area contributed by atoms with E-state index in [1.807, 2.05) is 19.1 Å². The van der Waals surface area contributed by atoms with Crippen LogP contribution in [0, 0.1) is 0 Å². The van der Waals surface area contributed by atoms with Crippen molar-refractivity contribution >= 4 is 29.5 Å². The van der Waals surface area contributed by atoms with Crippen molar-refractivity contribution in [3.63, 3.8) is 0 Å². The van der Waals surface area contributed by atoms with E-state index in [1.54, 1.807) is 18.2 Å². The summed E-state index contributed by atoms with van der Waals surface area (Å²) < 4.78 is 4.94. The lowest BCUT2D eigenvalue weighted by Gasteiger charge is -1.94. The zero-order chi connectivity index (χ0) is 11.5. The van der Waals surface area contributed by atoms with Gasteiger partial charge in [-0.05, 0) is 23.8 Å². The average Bonchev–Trinajstić information content (AvgIpc) is 2.63. The van der Waals surface area contributed by atoms with Crippen molar-refractivity contribution in [2.24, 2.45) is 4.99 Å². The number of ether oxygens (including phenoxy) is 1. The van der Waals surface area contributed by atoms with Gasteiger partial charge in [0.25, 0.3) is 0 Å². The Morgan fingerprint density at radius 3 is 2.62 bits per heavy atom. The van der Waals surface area contributed by atoms with E-state index in [0.717, 1.165) is 5.56 Å². The van der Waals surface area contributed by atoms with Crippen LogP contribution in [0.3, 0.4) is 0 Å². The zero-order valence-electron chi connectivity index (χ0n) is 8.74. The second-order valence-corrected chi connectivity index (χ2v) is 3.77. The summed E-state index contributed by atoms with van der Waals surface area (Å²) in [4.78, 5) is 15.5. The molecular weight excluding hydrogens is 226 g/mol. The highest BCUT2D eigenvalue weighted by molar-refractivity contribution is 6.30. The van der Waals surface area contributed by atoms with Crippen LogP contribution < -0.4 is 0 Å². The van der Waals surface area contributed by atoms with Gasteiger partial charge in [0, 0.05) is 11.4 Å². The third kappa shape index (κ3) is 2.31. The maximum atomic E-state index is 11.4. The Morgan fingerprint density at radius 2 is 2.06 bits per heavy atom. The highest BCUT2D eigenvalue weighted by atomic mass is 35.5. The third-order valence-electron chi connectivity index (χ3n) is 2.14. The number of carbonyl (C=O) groups excluding carboxylic acids is 1. The number of aliphatic imine (C=N–C) groups is 1. The zero-order valence-corrected chi connectivity index (χ0v) is 9.49. The summed E-state index contributed by atoms with van der Waals surface area (Å²) in [7, 11) is 0. The highest BCUT2D eigenvalue weighted by Gasteiger charge is 2.21. The number of hydrogen-bond acceptors (Lipinski definition) is 3. The summed E-state index contributed by atoms with van der Waals surface area (Å²) >= 11 is 5.76. The van der Waals surface area contributed by atoms with Gasteiger partial charge in [0.05, 0.1) is 0 Å². The maximum absolute atomic E-state index is 11.4. The molecule has 1 aliphatic heterocycles. The molecule has 0 atom stereocenters. The van der Waals surface area contributed by atoms with Crippen molar-refractivity contribution in [1.82, 2.24) is 0 Å². The van der Waals surface area contributed by atoms with Gasteiger partial charge in [-0.15, -0.1) is 0 Å². The predicted octanol–water partition coefficient (Wildman–Crippen LogP) is 3.05. The second-order valence-electron chi connectivity index (χ2n) is 3.33. The number of hydrogen-bond donors (Lipinski definition) is 0. The van der Waals surface area contributed by atoms with Gasteiger partial charge in [0.15, 0.2) is 11.6 Å². The van der Waals surface area contributed by atoms with E-state index < -0.39 is 5.97 Å². The Bertz CT molecular complexity index is 474. The first kappa shape index (κ1) is 10.9. The van der Waals surface area contributed by atoms with Crippen LogP contribution in [-0.2, 0) is 9.53 Å². The average molecular weight is 236 g/mol. The molecule has 4 heteroatoms. The van der Waals surface area contributed by atoms with Gasteiger partial charge in [-0.3, -0.25) is 0 Å². The van der Waals surface area contributed by atoms with Gasteiger partial charge in [-0.2, -0.15) is 0 Å². The molecule has 3 nitrogen and oxygen atoms in total. The monoisotopic (exact) mass is 235 g/mol. The van der Waals surface area contributed by atoms with E-state index in [9.17, 15) is 4.79 Å². The number of rotatable bonds is 2. The van der Waals surface area contributed by atoms with Crippen LogP contribution in [-0.4, -0.2) is 11.9 Å². The van der Waals surface area contributed by atoms with E-state index in [-0.39, 0.29) is 0 Å². The van der Waals surface area contributed by atoms with Crippen LogP contribution in [0.1, 0.15) is 18.9 Å². The molecule has 0 aliphatic carbocycles. The minimum atomic E-state index is -0.396. The Labute approximate surface area is 98.4 Å². The quantitative estimate of drug-likeness (QED) is 0.584. The van der Waals surface area contributed by atoms with E-state index in [4.69, 9.17) is 16.3 Å². The summed E-state index contributed by atoms with van der Waals surface area (Å²) in [6.45, 7) is 1.89. The van der Waals surface area contributed by atoms with E-state index in [2.05, 4.69) is 4.99 Å². The fourth-order valence-corrected chi connectivity index (χ4v) is 1.45. The smallest absolute Gasteiger partial charge is 0.363 e. The third-order valence-corrected chi connectivity index (χ3v) is 2.39. The molecule has 0 unspecified atom stereocenters. The van der Waals surface area contributed by atoms with E-state index in [0.29, 0.717) is 23.0 Å². The first-order valence-corrected chi connectivity index (χ1v) is 5.34. The highest BCUT2D eigenvalue weighted by Crippen LogP contribution is 2.17. The number of carbonyl (C=O) groups is 1. The fourth-order valence-electron chi connectivity index (χ4n) is 1.32. The lowest BCUT2D eigenvalue weighted by atomic mass is 10.2. The molecule has 0 bridgehead atoms. The van der Waals surface area contributed by atoms with Crippen LogP contribution in [0.15, 0.2) is 35.0 Å². The van der Waals surface area contributed by atoms with Gasteiger partial charge in [-0.1, -0.05) is 30.7 Å². The summed E-state index contributed by atoms with van der Waals surface area (Å²) in [5.41, 5.74) is 1.21. The number of esters is 1. The largest absolute Gasteiger partial charge is 0.407 e. The SMILES string of the molecule is CCC1=NC(=Cc2ccc(Cl)cc2)C(=O)O1. The lowest BCUT2D eigenvalue weighted by molar-refractivity contribution is -0.130. The van der Waals surface area contributed by atoms with E-state index in [1.165, 1.54) is 0 Å². The van der Waals surface area contributed by atoms with Crippen LogP contribution >= 0.6 is 11.6 Å². The first-order chi connectivity index (χ1) is 7.69. The lowest BCUT2D eigenvalue weighted by Crippen LogP contribution is -2.02. The van der Waals surface area contributed by atoms with Gasteiger partial charge < -0.3 is 4.74 Å². The van der Waals surface area contributed by atoms with Crippen LogP contribution in [0.5, 0.6) is 0 Å². The number of benzene rings is 1. The molecular formula is C12H10ClNO2. The summed E-state index contributed by atoms with van der Waals surface area (Å²) in [6.07, 6.45) is 2.30. The molecule has 0 radical (unpaired) electrons. The molecule has 0 spiro atoms. The normalized spacial score (nSPS) is 17.5. The summed E-state index contributed by atoms with van der Waals surface area (Å²) in [6, 6.07) is 7.17. The summed E-state index contributed by atoms with van der Waals surface area (Å²) in [5, 5.41) is 0.661. The molecule has 0 saturated carbocycles. The molecule has 1 aliphatic rings. The molecule has 2 rings (SSSR count). The number of halogens is 1. The minimum absolute atomic E-state index is 0.333. The molecule has 0 amide bonds. The molecule has 16 heavy (non-hydrogen) atoms.